The standard InChI is InChI=1S/C26H25F3N2O3/c1-25(30,16-23(32)33)24(34)31-21-14-13-20(22(15-21)26(27,28)29)12-9-17-7-10-19(11-8-17)18-5-3-2-4-6-18/h2-8,10-11,13-15H,9,12,16,30H2,1H3,(H,31,34)(H,32,33)/t25-/m0/s1. The smallest absolute Gasteiger partial charge is 0.416 e. The summed E-state index contributed by atoms with van der Waals surface area (Å²) in [6.07, 6.45) is -4.73. The predicted molar refractivity (Wildman–Crippen MR) is 124 cm³/mol. The molecule has 3 aromatic rings. The monoisotopic (exact) mass is 470 g/mol. The number of alkyl halides is 3. The van der Waals surface area contributed by atoms with Crippen molar-refractivity contribution in [2.75, 3.05) is 5.32 Å². The van der Waals surface area contributed by atoms with Crippen molar-refractivity contribution in [1.29, 1.82) is 0 Å². The summed E-state index contributed by atoms with van der Waals surface area (Å²) in [6, 6.07) is 21.0. The van der Waals surface area contributed by atoms with Gasteiger partial charge in [-0.3, -0.25) is 9.59 Å². The number of anilines is 1. The zero-order valence-corrected chi connectivity index (χ0v) is 18.5. The molecule has 0 unspecified atom stereocenters. The molecule has 0 aliphatic heterocycles. The van der Waals surface area contributed by atoms with E-state index in [9.17, 15) is 22.8 Å². The molecular formula is C26H25F3N2O3. The van der Waals surface area contributed by atoms with Gasteiger partial charge in [0, 0.05) is 5.69 Å². The van der Waals surface area contributed by atoms with E-state index < -0.39 is 35.6 Å². The number of amides is 1. The van der Waals surface area contributed by atoms with Crippen LogP contribution in [0.15, 0.2) is 72.8 Å². The van der Waals surface area contributed by atoms with E-state index in [4.69, 9.17) is 10.8 Å². The quantitative estimate of drug-likeness (QED) is 0.417. The van der Waals surface area contributed by atoms with Crippen LogP contribution < -0.4 is 11.1 Å². The number of hydrogen-bond donors (Lipinski definition) is 3. The number of halogens is 3. The van der Waals surface area contributed by atoms with Gasteiger partial charge in [-0.25, -0.2) is 0 Å². The van der Waals surface area contributed by atoms with Crippen molar-refractivity contribution < 1.29 is 27.9 Å². The molecular weight excluding hydrogens is 445 g/mol. The van der Waals surface area contributed by atoms with Crippen LogP contribution in [0, 0.1) is 0 Å². The number of carboxylic acids is 1. The number of carboxylic acid groups (broad SMARTS) is 1. The van der Waals surface area contributed by atoms with E-state index >= 15 is 0 Å². The number of carbonyl (C=O) groups is 2. The number of aryl methyl sites for hydroxylation is 2. The molecule has 0 aliphatic carbocycles. The second kappa shape index (κ2) is 10.1. The molecule has 3 rings (SSSR count). The molecule has 3 aromatic carbocycles. The Kier molecular flexibility index (Phi) is 7.41. The van der Waals surface area contributed by atoms with Gasteiger partial charge in [-0.1, -0.05) is 60.7 Å². The van der Waals surface area contributed by atoms with Gasteiger partial charge in [-0.05, 0) is 54.2 Å². The minimum atomic E-state index is -4.62. The van der Waals surface area contributed by atoms with Crippen LogP contribution in [0.1, 0.15) is 30.0 Å². The first-order valence-corrected chi connectivity index (χ1v) is 10.6. The van der Waals surface area contributed by atoms with Crippen LogP contribution in [0.25, 0.3) is 11.1 Å². The Bertz CT molecular complexity index is 1160. The molecule has 34 heavy (non-hydrogen) atoms. The molecule has 0 fully saturated rings. The van der Waals surface area contributed by atoms with E-state index in [1.165, 1.54) is 19.1 Å². The Morgan fingerprint density at radius 2 is 1.53 bits per heavy atom. The first-order chi connectivity index (χ1) is 16.0. The summed E-state index contributed by atoms with van der Waals surface area (Å²) in [7, 11) is 0. The van der Waals surface area contributed by atoms with Crippen LogP contribution in [0.2, 0.25) is 0 Å². The molecule has 0 saturated carbocycles. The largest absolute Gasteiger partial charge is 0.481 e. The van der Waals surface area contributed by atoms with Gasteiger partial charge in [-0.2, -0.15) is 13.2 Å². The maximum atomic E-state index is 13.7. The molecule has 1 amide bonds. The minimum absolute atomic E-state index is 0.0960. The summed E-state index contributed by atoms with van der Waals surface area (Å²) in [5, 5.41) is 11.2. The van der Waals surface area contributed by atoms with Crippen molar-refractivity contribution in [2.45, 2.75) is 37.9 Å². The van der Waals surface area contributed by atoms with Crippen LogP contribution in [0.3, 0.4) is 0 Å². The average molecular weight is 470 g/mol. The molecule has 178 valence electrons. The van der Waals surface area contributed by atoms with Crippen molar-refractivity contribution in [1.82, 2.24) is 0 Å². The lowest BCUT2D eigenvalue weighted by molar-refractivity contribution is -0.140. The van der Waals surface area contributed by atoms with Gasteiger partial charge in [0.15, 0.2) is 0 Å². The Balaban J connectivity index is 1.74. The lowest BCUT2D eigenvalue weighted by Crippen LogP contribution is -2.49. The van der Waals surface area contributed by atoms with Gasteiger partial charge in [0.2, 0.25) is 5.91 Å². The highest BCUT2D eigenvalue weighted by molar-refractivity contribution is 5.99. The number of benzene rings is 3. The van der Waals surface area contributed by atoms with Gasteiger partial charge in [0.25, 0.3) is 0 Å². The van der Waals surface area contributed by atoms with Gasteiger partial charge >= 0.3 is 12.1 Å². The van der Waals surface area contributed by atoms with E-state index in [0.717, 1.165) is 22.8 Å². The molecule has 0 aromatic heterocycles. The molecule has 0 spiro atoms. The van der Waals surface area contributed by atoms with Crippen molar-refractivity contribution in [3.63, 3.8) is 0 Å². The number of nitrogens with one attached hydrogen (secondary N) is 1. The summed E-state index contributed by atoms with van der Waals surface area (Å²) in [5.41, 5.74) is 6.06. The first kappa shape index (κ1) is 25.0. The first-order valence-electron chi connectivity index (χ1n) is 10.6. The highest BCUT2D eigenvalue weighted by Gasteiger charge is 2.35. The summed E-state index contributed by atoms with van der Waals surface area (Å²) < 4.78 is 41.2. The number of aliphatic carboxylic acids is 1. The van der Waals surface area contributed by atoms with Crippen LogP contribution in [-0.2, 0) is 28.6 Å². The molecule has 0 radical (unpaired) electrons. The second-order valence-electron chi connectivity index (χ2n) is 8.37. The van der Waals surface area contributed by atoms with E-state index in [1.54, 1.807) is 0 Å². The topological polar surface area (TPSA) is 92.4 Å². The van der Waals surface area contributed by atoms with Crippen LogP contribution >= 0.6 is 0 Å². The van der Waals surface area contributed by atoms with E-state index in [-0.39, 0.29) is 17.7 Å². The second-order valence-corrected chi connectivity index (χ2v) is 8.37. The lowest BCUT2D eigenvalue weighted by atomic mass is 9.96. The number of hydrogen-bond acceptors (Lipinski definition) is 3. The zero-order valence-electron chi connectivity index (χ0n) is 18.5. The van der Waals surface area contributed by atoms with Crippen LogP contribution in [0.4, 0.5) is 18.9 Å². The molecule has 5 nitrogen and oxygen atoms in total. The fourth-order valence-electron chi connectivity index (χ4n) is 3.58. The van der Waals surface area contributed by atoms with Crippen molar-refractivity contribution in [2.24, 2.45) is 5.73 Å². The third-order valence-corrected chi connectivity index (χ3v) is 5.45. The summed E-state index contributed by atoms with van der Waals surface area (Å²) in [5.74, 6) is -2.17. The maximum Gasteiger partial charge on any atom is 0.416 e. The van der Waals surface area contributed by atoms with Gasteiger partial charge in [0.05, 0.1) is 12.0 Å². The third-order valence-electron chi connectivity index (χ3n) is 5.45. The number of carbonyl (C=O) groups excluding carboxylic acids is 1. The molecule has 0 saturated heterocycles. The van der Waals surface area contributed by atoms with Crippen LogP contribution in [0.5, 0.6) is 0 Å². The summed E-state index contributed by atoms with van der Waals surface area (Å²) >= 11 is 0. The Hall–Kier alpha value is -3.65. The summed E-state index contributed by atoms with van der Waals surface area (Å²) in [4.78, 5) is 23.1. The van der Waals surface area contributed by atoms with Gasteiger partial charge in [-0.15, -0.1) is 0 Å². The SMILES string of the molecule is C[C@](N)(CC(=O)O)C(=O)Nc1ccc(CCc2ccc(-c3ccccc3)cc2)c(C(F)(F)F)c1. The molecule has 8 heteroatoms. The highest BCUT2D eigenvalue weighted by atomic mass is 19.4. The van der Waals surface area contributed by atoms with Crippen molar-refractivity contribution in [3.8, 4) is 11.1 Å². The lowest BCUT2D eigenvalue weighted by Gasteiger charge is -2.22. The fraction of sp³-hybridized carbons (Fsp3) is 0.231. The Morgan fingerprint density at radius 3 is 2.12 bits per heavy atom. The average Bonchev–Trinajstić information content (AvgIpc) is 2.77. The molecule has 0 heterocycles. The third kappa shape index (κ3) is 6.45. The maximum absolute atomic E-state index is 13.7. The fourth-order valence-corrected chi connectivity index (χ4v) is 3.58. The van der Waals surface area contributed by atoms with Crippen LogP contribution in [-0.4, -0.2) is 22.5 Å². The zero-order chi connectivity index (χ0) is 24.9. The van der Waals surface area contributed by atoms with Gasteiger partial charge < -0.3 is 16.2 Å². The molecule has 4 N–H and O–H groups in total. The van der Waals surface area contributed by atoms with Crippen molar-refractivity contribution >= 4 is 17.6 Å². The molecule has 0 aliphatic rings. The highest BCUT2D eigenvalue weighted by Crippen LogP contribution is 2.35. The normalized spacial score (nSPS) is 13.2. The van der Waals surface area contributed by atoms with E-state index in [2.05, 4.69) is 5.32 Å². The van der Waals surface area contributed by atoms with E-state index in [0.29, 0.717) is 6.42 Å². The summed E-state index contributed by atoms with van der Waals surface area (Å²) in [6.45, 7) is 1.21. The number of rotatable bonds is 8. The predicted octanol–water partition coefficient (Wildman–Crippen LogP) is 5.29. The number of nitrogens with two attached hydrogens (primary N) is 1. The Morgan fingerprint density at radius 1 is 0.912 bits per heavy atom. The molecule has 1 atom stereocenters. The van der Waals surface area contributed by atoms with Gasteiger partial charge in [0.1, 0.15) is 5.54 Å². The van der Waals surface area contributed by atoms with E-state index in [1.807, 2.05) is 54.6 Å². The molecule has 0 bridgehead atoms. The van der Waals surface area contributed by atoms with Crippen molar-refractivity contribution in [3.05, 3.63) is 89.5 Å². The Labute approximate surface area is 195 Å². The minimum Gasteiger partial charge on any atom is -0.481 e.